The van der Waals surface area contributed by atoms with E-state index in [1.807, 2.05) is 30.3 Å². The highest BCUT2D eigenvalue weighted by molar-refractivity contribution is 9.10. The third kappa shape index (κ3) is 4.78. The second-order valence-electron chi connectivity index (χ2n) is 7.84. The first-order chi connectivity index (χ1) is 15.6. The van der Waals surface area contributed by atoms with Crippen LogP contribution >= 0.6 is 15.9 Å². The average molecular weight is 496 g/mol. The molecule has 2 aromatic carbocycles. The van der Waals surface area contributed by atoms with Crippen molar-refractivity contribution in [3.63, 3.8) is 0 Å². The van der Waals surface area contributed by atoms with E-state index in [2.05, 4.69) is 27.6 Å². The molecule has 0 bridgehead atoms. The molecule has 32 heavy (non-hydrogen) atoms. The van der Waals surface area contributed by atoms with E-state index in [-0.39, 0.29) is 11.5 Å². The molecule has 1 aliphatic rings. The van der Waals surface area contributed by atoms with E-state index >= 15 is 0 Å². The largest absolute Gasteiger partial charge is 0.493 e. The minimum absolute atomic E-state index is 0.161. The molecule has 0 spiro atoms. The van der Waals surface area contributed by atoms with Crippen LogP contribution in [0, 0.1) is 0 Å². The summed E-state index contributed by atoms with van der Waals surface area (Å²) in [6.45, 7) is 4.06. The fraction of sp³-hybridized carbons (Fsp3) is 0.320. The van der Waals surface area contributed by atoms with Crippen LogP contribution in [0.1, 0.15) is 49.4 Å². The molecule has 1 aliphatic carbocycles. The molecule has 3 aromatic rings. The van der Waals surface area contributed by atoms with Crippen molar-refractivity contribution in [2.45, 2.75) is 38.0 Å². The lowest BCUT2D eigenvalue weighted by molar-refractivity contribution is 0.326. The van der Waals surface area contributed by atoms with Crippen molar-refractivity contribution in [2.24, 2.45) is 5.10 Å². The van der Waals surface area contributed by atoms with Crippen molar-refractivity contribution in [3.05, 3.63) is 75.3 Å². The maximum atomic E-state index is 13.4. The lowest BCUT2D eigenvalue weighted by Gasteiger charge is -2.22. The molecule has 1 saturated carbocycles. The quantitative estimate of drug-likeness (QED) is 0.313. The molecule has 7 heteroatoms. The van der Waals surface area contributed by atoms with Gasteiger partial charge in [0.25, 0.3) is 5.56 Å². The SMILES string of the molecule is C=CCOc1ccc(C=Nn2c(C3CCCCC3)nc3ccc(Br)cc3c2=O)cc1OC. The van der Waals surface area contributed by atoms with E-state index in [0.29, 0.717) is 29.0 Å². The molecule has 0 amide bonds. The van der Waals surface area contributed by atoms with Gasteiger partial charge in [-0.25, -0.2) is 4.98 Å². The van der Waals surface area contributed by atoms with Crippen LogP contribution in [0.2, 0.25) is 0 Å². The van der Waals surface area contributed by atoms with Crippen LogP contribution in [-0.4, -0.2) is 29.6 Å². The Balaban J connectivity index is 1.77. The highest BCUT2D eigenvalue weighted by Gasteiger charge is 2.22. The summed E-state index contributed by atoms with van der Waals surface area (Å²) in [6.07, 6.45) is 8.90. The summed E-state index contributed by atoms with van der Waals surface area (Å²) < 4.78 is 13.4. The van der Waals surface area contributed by atoms with Gasteiger partial charge < -0.3 is 9.47 Å². The lowest BCUT2D eigenvalue weighted by Crippen LogP contribution is -2.25. The third-order valence-electron chi connectivity index (χ3n) is 5.67. The number of aromatic nitrogens is 2. The van der Waals surface area contributed by atoms with Crippen molar-refractivity contribution in [1.29, 1.82) is 0 Å². The van der Waals surface area contributed by atoms with Crippen LogP contribution in [0.15, 0.2) is 63.4 Å². The number of rotatable bonds is 7. The Morgan fingerprint density at radius 1 is 1.19 bits per heavy atom. The summed E-state index contributed by atoms with van der Waals surface area (Å²) in [5, 5.41) is 5.13. The molecule has 0 radical (unpaired) electrons. The highest BCUT2D eigenvalue weighted by atomic mass is 79.9. The van der Waals surface area contributed by atoms with Crippen molar-refractivity contribution >= 4 is 33.0 Å². The second kappa shape index (κ2) is 10.1. The van der Waals surface area contributed by atoms with Gasteiger partial charge in [-0.2, -0.15) is 9.78 Å². The number of nitrogens with zero attached hydrogens (tertiary/aromatic N) is 3. The van der Waals surface area contributed by atoms with Gasteiger partial charge in [-0.1, -0.05) is 47.8 Å². The van der Waals surface area contributed by atoms with Crippen molar-refractivity contribution in [3.8, 4) is 11.5 Å². The summed E-state index contributed by atoms with van der Waals surface area (Å²) >= 11 is 3.46. The van der Waals surface area contributed by atoms with Gasteiger partial charge >= 0.3 is 0 Å². The van der Waals surface area contributed by atoms with Gasteiger partial charge in [-0.3, -0.25) is 4.79 Å². The van der Waals surface area contributed by atoms with E-state index in [4.69, 9.17) is 14.5 Å². The van der Waals surface area contributed by atoms with Gasteiger partial charge in [0.15, 0.2) is 11.5 Å². The molecule has 4 rings (SSSR count). The topological polar surface area (TPSA) is 65.7 Å². The van der Waals surface area contributed by atoms with Gasteiger partial charge in [-0.15, -0.1) is 0 Å². The predicted octanol–water partition coefficient (Wildman–Crippen LogP) is 5.66. The number of fused-ring (bicyclic) bond motifs is 1. The van der Waals surface area contributed by atoms with Gasteiger partial charge in [0.05, 0.1) is 24.2 Å². The van der Waals surface area contributed by atoms with Crippen LogP contribution in [0.3, 0.4) is 0 Å². The van der Waals surface area contributed by atoms with Gasteiger partial charge in [-0.05, 0) is 54.8 Å². The van der Waals surface area contributed by atoms with Crippen LogP contribution < -0.4 is 15.0 Å². The zero-order chi connectivity index (χ0) is 22.5. The van der Waals surface area contributed by atoms with Crippen LogP contribution in [0.25, 0.3) is 10.9 Å². The Morgan fingerprint density at radius 2 is 2.00 bits per heavy atom. The Morgan fingerprint density at radius 3 is 2.75 bits per heavy atom. The Kier molecular flexibility index (Phi) is 7.05. The van der Waals surface area contributed by atoms with Crippen molar-refractivity contribution < 1.29 is 9.47 Å². The standard InChI is InChI=1S/C25H26BrN3O3/c1-3-13-32-22-12-9-17(14-23(22)31-2)16-27-29-24(18-7-5-4-6-8-18)28-21-11-10-19(26)15-20(21)25(29)30/h3,9-12,14-16,18H,1,4-8,13H2,2H3. The molecule has 0 aliphatic heterocycles. The molecule has 0 atom stereocenters. The van der Waals surface area contributed by atoms with Gasteiger partial charge in [0, 0.05) is 10.4 Å². The van der Waals surface area contributed by atoms with Crippen molar-refractivity contribution in [2.75, 3.05) is 13.7 Å². The first-order valence-corrected chi connectivity index (χ1v) is 11.6. The highest BCUT2D eigenvalue weighted by Crippen LogP contribution is 2.32. The summed E-state index contributed by atoms with van der Waals surface area (Å²) in [4.78, 5) is 18.3. The molecular formula is C25H26BrN3O3. The number of benzene rings is 2. The van der Waals surface area contributed by atoms with E-state index in [9.17, 15) is 4.79 Å². The number of ether oxygens (including phenoxy) is 2. The molecular weight excluding hydrogens is 470 g/mol. The van der Waals surface area contributed by atoms with Crippen LogP contribution in [-0.2, 0) is 0 Å². The normalized spacial score (nSPS) is 14.7. The van der Waals surface area contributed by atoms with E-state index < -0.39 is 0 Å². The number of hydrogen-bond donors (Lipinski definition) is 0. The monoisotopic (exact) mass is 495 g/mol. The molecule has 0 saturated heterocycles. The Hall–Kier alpha value is -2.93. The molecule has 1 fully saturated rings. The maximum Gasteiger partial charge on any atom is 0.282 e. The average Bonchev–Trinajstić information content (AvgIpc) is 2.83. The first kappa shape index (κ1) is 22.3. The molecule has 6 nitrogen and oxygen atoms in total. The van der Waals surface area contributed by atoms with Crippen LogP contribution in [0.4, 0.5) is 0 Å². The van der Waals surface area contributed by atoms with Gasteiger partial charge in [0.2, 0.25) is 0 Å². The van der Waals surface area contributed by atoms with E-state index in [1.165, 1.54) is 11.1 Å². The number of halogens is 1. The molecule has 1 heterocycles. The Labute approximate surface area is 195 Å². The Bertz CT molecular complexity index is 1210. The van der Waals surface area contributed by atoms with E-state index in [0.717, 1.165) is 41.5 Å². The minimum atomic E-state index is -0.161. The second-order valence-corrected chi connectivity index (χ2v) is 8.75. The maximum absolute atomic E-state index is 13.4. The fourth-order valence-corrected chi connectivity index (χ4v) is 4.42. The minimum Gasteiger partial charge on any atom is -0.493 e. The zero-order valence-electron chi connectivity index (χ0n) is 18.1. The van der Waals surface area contributed by atoms with E-state index in [1.54, 1.807) is 25.5 Å². The first-order valence-electron chi connectivity index (χ1n) is 10.8. The molecule has 0 N–H and O–H groups in total. The molecule has 1 aromatic heterocycles. The smallest absolute Gasteiger partial charge is 0.282 e. The predicted molar refractivity (Wildman–Crippen MR) is 131 cm³/mol. The molecule has 166 valence electrons. The van der Waals surface area contributed by atoms with Gasteiger partial charge in [0.1, 0.15) is 12.4 Å². The summed E-state index contributed by atoms with van der Waals surface area (Å²) in [7, 11) is 1.59. The summed E-state index contributed by atoms with van der Waals surface area (Å²) in [6, 6.07) is 11.1. The fourth-order valence-electron chi connectivity index (χ4n) is 4.06. The summed E-state index contributed by atoms with van der Waals surface area (Å²) in [5.41, 5.74) is 1.34. The number of methoxy groups -OCH3 is 1. The summed E-state index contributed by atoms with van der Waals surface area (Å²) in [5.74, 6) is 2.18. The lowest BCUT2D eigenvalue weighted by atomic mass is 9.88. The zero-order valence-corrected chi connectivity index (χ0v) is 19.7. The number of hydrogen-bond acceptors (Lipinski definition) is 5. The third-order valence-corrected chi connectivity index (χ3v) is 6.16. The van der Waals surface area contributed by atoms with Crippen molar-refractivity contribution in [1.82, 2.24) is 9.66 Å². The molecule has 0 unspecified atom stereocenters. The van der Waals surface area contributed by atoms with Crippen LogP contribution in [0.5, 0.6) is 11.5 Å².